The summed E-state index contributed by atoms with van der Waals surface area (Å²) in [6, 6.07) is 3.70. The fourth-order valence-electron chi connectivity index (χ4n) is 2.46. The van der Waals surface area contributed by atoms with Crippen molar-refractivity contribution in [2.45, 2.75) is 13.1 Å². The Balaban J connectivity index is 2.28. The summed E-state index contributed by atoms with van der Waals surface area (Å²) < 4.78 is 1.97. The molecule has 0 atom stereocenters. The highest BCUT2D eigenvalue weighted by Crippen LogP contribution is 2.36. The highest BCUT2D eigenvalue weighted by Gasteiger charge is 2.28. The summed E-state index contributed by atoms with van der Waals surface area (Å²) in [4.78, 5) is 15.5. The predicted molar refractivity (Wildman–Crippen MR) is 71.3 cm³/mol. The van der Waals surface area contributed by atoms with Crippen molar-refractivity contribution in [1.82, 2.24) is 14.9 Å². The third-order valence-corrected chi connectivity index (χ3v) is 3.63. The van der Waals surface area contributed by atoms with Crippen molar-refractivity contribution in [1.29, 1.82) is 0 Å². The van der Waals surface area contributed by atoms with E-state index in [0.29, 0.717) is 18.1 Å². The Morgan fingerprint density at radius 3 is 3.05 bits per heavy atom. The van der Waals surface area contributed by atoms with Crippen molar-refractivity contribution in [3.05, 3.63) is 40.8 Å². The van der Waals surface area contributed by atoms with Crippen molar-refractivity contribution in [2.24, 2.45) is 0 Å². The fraction of sp³-hybridized carbons (Fsp3) is 0.231. The summed E-state index contributed by atoms with van der Waals surface area (Å²) in [5.74, 6) is -0.993. The molecule has 0 aromatic carbocycles. The lowest BCUT2D eigenvalue weighted by Crippen LogP contribution is -2.29. The highest BCUT2D eigenvalue weighted by atomic mass is 35.5. The largest absolute Gasteiger partial charge is 0.478 e. The zero-order valence-corrected chi connectivity index (χ0v) is 10.8. The Hall–Kier alpha value is -1.85. The number of carboxylic acids is 1. The van der Waals surface area contributed by atoms with Crippen molar-refractivity contribution in [3.8, 4) is 11.3 Å². The molecule has 0 spiro atoms. The van der Waals surface area contributed by atoms with E-state index in [1.807, 2.05) is 16.7 Å². The summed E-state index contributed by atoms with van der Waals surface area (Å²) in [5.41, 5.74) is 2.49. The van der Waals surface area contributed by atoms with Gasteiger partial charge in [0.05, 0.1) is 10.7 Å². The molecule has 19 heavy (non-hydrogen) atoms. The van der Waals surface area contributed by atoms with Crippen LogP contribution in [0, 0.1) is 0 Å². The van der Waals surface area contributed by atoms with Crippen LogP contribution in [0.3, 0.4) is 0 Å². The number of rotatable bonds is 2. The van der Waals surface area contributed by atoms with Crippen LogP contribution in [0.1, 0.15) is 16.1 Å². The Morgan fingerprint density at radius 2 is 2.37 bits per heavy atom. The van der Waals surface area contributed by atoms with E-state index in [1.165, 1.54) is 0 Å². The molecule has 2 aromatic rings. The number of aromatic nitrogens is 2. The minimum Gasteiger partial charge on any atom is -0.478 e. The van der Waals surface area contributed by atoms with E-state index in [2.05, 4.69) is 10.3 Å². The molecule has 0 saturated heterocycles. The third kappa shape index (κ3) is 1.91. The number of fused-ring (bicyclic) bond motifs is 1. The first kappa shape index (κ1) is 12.2. The topological polar surface area (TPSA) is 67.1 Å². The zero-order valence-electron chi connectivity index (χ0n) is 10.1. The number of nitrogens with zero attached hydrogens (tertiary/aromatic N) is 2. The summed E-state index contributed by atoms with van der Waals surface area (Å²) in [7, 11) is 0. The molecule has 0 amide bonds. The van der Waals surface area contributed by atoms with E-state index in [4.69, 9.17) is 11.6 Å². The number of carbonyl (C=O) groups is 1. The first-order chi connectivity index (χ1) is 9.20. The predicted octanol–water partition coefficient (Wildman–Crippen LogP) is 2.00. The second-order valence-corrected chi connectivity index (χ2v) is 4.74. The number of nitrogens with one attached hydrogen (secondary N) is 1. The molecule has 1 aliphatic rings. The van der Waals surface area contributed by atoms with E-state index < -0.39 is 5.97 Å². The number of hydrogen-bond donors (Lipinski definition) is 2. The first-order valence-electron chi connectivity index (χ1n) is 5.95. The van der Waals surface area contributed by atoms with Gasteiger partial charge in [0.15, 0.2) is 0 Å². The van der Waals surface area contributed by atoms with Gasteiger partial charge < -0.3 is 15.0 Å². The summed E-state index contributed by atoms with van der Waals surface area (Å²) in [5, 5.41) is 12.8. The van der Waals surface area contributed by atoms with E-state index in [-0.39, 0.29) is 5.56 Å². The molecule has 1 aliphatic heterocycles. The van der Waals surface area contributed by atoms with E-state index in [1.54, 1.807) is 12.4 Å². The normalized spacial score (nSPS) is 14.2. The molecular formula is C13H12ClN3O2. The van der Waals surface area contributed by atoms with Crippen LogP contribution in [0.25, 0.3) is 11.3 Å². The van der Waals surface area contributed by atoms with Gasteiger partial charge in [0, 0.05) is 43.3 Å². The molecule has 2 aromatic heterocycles. The van der Waals surface area contributed by atoms with Gasteiger partial charge in [-0.05, 0) is 12.1 Å². The summed E-state index contributed by atoms with van der Waals surface area (Å²) in [6.07, 6.45) is 3.37. The SMILES string of the molecule is O=C(O)c1c(Cl)c(-c2cccnc2)n2c1CNCC2. The van der Waals surface area contributed by atoms with E-state index in [0.717, 1.165) is 23.5 Å². The van der Waals surface area contributed by atoms with Crippen LogP contribution in [0.15, 0.2) is 24.5 Å². The zero-order chi connectivity index (χ0) is 13.4. The van der Waals surface area contributed by atoms with Gasteiger partial charge in [-0.15, -0.1) is 0 Å². The average molecular weight is 278 g/mol. The van der Waals surface area contributed by atoms with Gasteiger partial charge in [-0.3, -0.25) is 4.98 Å². The van der Waals surface area contributed by atoms with Gasteiger partial charge in [0.25, 0.3) is 0 Å². The summed E-state index contributed by atoms with van der Waals surface area (Å²) in [6.45, 7) is 2.01. The maximum Gasteiger partial charge on any atom is 0.339 e. The van der Waals surface area contributed by atoms with Gasteiger partial charge in [-0.1, -0.05) is 11.6 Å². The van der Waals surface area contributed by atoms with Gasteiger partial charge in [-0.2, -0.15) is 0 Å². The molecular weight excluding hydrogens is 266 g/mol. The second kappa shape index (κ2) is 4.68. The lowest BCUT2D eigenvalue weighted by atomic mass is 10.2. The Morgan fingerprint density at radius 1 is 1.53 bits per heavy atom. The van der Waals surface area contributed by atoms with Crippen molar-refractivity contribution < 1.29 is 9.90 Å². The van der Waals surface area contributed by atoms with Crippen LogP contribution < -0.4 is 5.32 Å². The molecule has 0 unspecified atom stereocenters. The molecule has 0 fully saturated rings. The molecule has 3 rings (SSSR count). The second-order valence-electron chi connectivity index (χ2n) is 4.36. The van der Waals surface area contributed by atoms with Crippen molar-refractivity contribution in [3.63, 3.8) is 0 Å². The number of carboxylic acid groups (broad SMARTS) is 1. The maximum absolute atomic E-state index is 11.4. The van der Waals surface area contributed by atoms with E-state index in [9.17, 15) is 9.90 Å². The Bertz CT molecular complexity index is 637. The monoisotopic (exact) mass is 277 g/mol. The Kier molecular flexibility index (Phi) is 3.00. The van der Waals surface area contributed by atoms with Crippen LogP contribution in [0.4, 0.5) is 0 Å². The number of aromatic carboxylic acids is 1. The minimum atomic E-state index is -0.993. The molecule has 6 heteroatoms. The quantitative estimate of drug-likeness (QED) is 0.881. The van der Waals surface area contributed by atoms with Gasteiger partial charge in [0.1, 0.15) is 5.56 Å². The maximum atomic E-state index is 11.4. The average Bonchev–Trinajstić information content (AvgIpc) is 2.71. The van der Waals surface area contributed by atoms with Crippen LogP contribution in [0.5, 0.6) is 0 Å². The lowest BCUT2D eigenvalue weighted by Gasteiger charge is -2.19. The summed E-state index contributed by atoms with van der Waals surface area (Å²) >= 11 is 6.29. The smallest absolute Gasteiger partial charge is 0.339 e. The molecule has 3 heterocycles. The molecule has 0 saturated carbocycles. The van der Waals surface area contributed by atoms with Gasteiger partial charge in [0.2, 0.25) is 0 Å². The van der Waals surface area contributed by atoms with Crippen molar-refractivity contribution >= 4 is 17.6 Å². The van der Waals surface area contributed by atoms with Gasteiger partial charge in [-0.25, -0.2) is 4.79 Å². The third-order valence-electron chi connectivity index (χ3n) is 3.27. The highest BCUT2D eigenvalue weighted by molar-refractivity contribution is 6.36. The van der Waals surface area contributed by atoms with Crippen molar-refractivity contribution in [2.75, 3.05) is 6.54 Å². The van der Waals surface area contributed by atoms with Crippen LogP contribution >= 0.6 is 11.6 Å². The molecule has 98 valence electrons. The Labute approximate surface area is 114 Å². The fourth-order valence-corrected chi connectivity index (χ4v) is 2.87. The molecule has 5 nitrogen and oxygen atoms in total. The lowest BCUT2D eigenvalue weighted by molar-refractivity contribution is 0.0695. The van der Waals surface area contributed by atoms with Crippen LogP contribution in [-0.2, 0) is 13.1 Å². The number of pyridine rings is 1. The van der Waals surface area contributed by atoms with Crippen LogP contribution in [0.2, 0.25) is 5.02 Å². The number of hydrogen-bond acceptors (Lipinski definition) is 3. The van der Waals surface area contributed by atoms with E-state index >= 15 is 0 Å². The molecule has 0 aliphatic carbocycles. The standard InChI is InChI=1S/C13H12ClN3O2/c14-11-10(13(18)19)9-7-16-4-5-17(9)12(11)8-2-1-3-15-6-8/h1-3,6,16H,4-5,7H2,(H,18,19). The number of halogens is 1. The minimum absolute atomic E-state index is 0.188. The first-order valence-corrected chi connectivity index (χ1v) is 6.33. The van der Waals surface area contributed by atoms with Gasteiger partial charge >= 0.3 is 5.97 Å². The molecule has 0 bridgehead atoms. The molecule has 0 radical (unpaired) electrons. The van der Waals surface area contributed by atoms with Crippen LogP contribution in [-0.4, -0.2) is 27.2 Å². The molecule has 2 N–H and O–H groups in total.